The largest absolute Gasteiger partial charge is 0.449 e. The Bertz CT molecular complexity index is 1220. The first-order chi connectivity index (χ1) is 16.0. The third kappa shape index (κ3) is 4.33. The molecule has 170 valence electrons. The SMILES string of the molecule is O=C(NCC1CC(=O)N(c2ccc(N3CCCCC3=O)cc2)C1)c1cc2cccc(Cl)c2o1. The lowest BCUT2D eigenvalue weighted by molar-refractivity contribution is -0.119. The summed E-state index contributed by atoms with van der Waals surface area (Å²) >= 11 is 6.12. The number of nitrogens with zero attached hydrogens (tertiary/aromatic N) is 2. The number of rotatable bonds is 5. The third-order valence-corrected chi connectivity index (χ3v) is 6.57. The Morgan fingerprint density at radius 1 is 1.03 bits per heavy atom. The van der Waals surface area contributed by atoms with Gasteiger partial charge in [0.2, 0.25) is 11.8 Å². The summed E-state index contributed by atoms with van der Waals surface area (Å²) in [4.78, 5) is 40.8. The van der Waals surface area contributed by atoms with Crippen LogP contribution < -0.4 is 15.1 Å². The highest BCUT2D eigenvalue weighted by Gasteiger charge is 2.31. The highest BCUT2D eigenvalue weighted by Crippen LogP contribution is 2.29. The molecular formula is C25H24ClN3O4. The average molecular weight is 466 g/mol. The van der Waals surface area contributed by atoms with Crippen LogP contribution in [0, 0.1) is 5.92 Å². The molecule has 3 amide bonds. The standard InChI is InChI=1S/C25H24ClN3O4/c26-20-5-3-4-17-13-21(33-24(17)20)25(32)27-14-16-12-23(31)29(15-16)19-9-7-18(8-10-19)28-11-2-1-6-22(28)30/h3-5,7-10,13,16H,1-2,6,11-12,14-15H2,(H,27,32). The van der Waals surface area contributed by atoms with E-state index in [9.17, 15) is 14.4 Å². The molecule has 1 unspecified atom stereocenters. The van der Waals surface area contributed by atoms with Gasteiger partial charge in [-0.05, 0) is 49.2 Å². The summed E-state index contributed by atoms with van der Waals surface area (Å²) in [6.07, 6.45) is 2.89. The predicted octanol–water partition coefficient (Wildman–Crippen LogP) is 4.39. The van der Waals surface area contributed by atoms with E-state index in [1.807, 2.05) is 35.2 Å². The lowest BCUT2D eigenvalue weighted by atomic mass is 10.1. The van der Waals surface area contributed by atoms with Gasteiger partial charge in [0.05, 0.1) is 5.02 Å². The molecule has 8 heteroatoms. The zero-order valence-electron chi connectivity index (χ0n) is 18.1. The van der Waals surface area contributed by atoms with E-state index in [1.54, 1.807) is 23.1 Å². The van der Waals surface area contributed by atoms with Crippen molar-refractivity contribution in [3.05, 3.63) is 59.3 Å². The highest BCUT2D eigenvalue weighted by atomic mass is 35.5. The molecule has 2 aliphatic heterocycles. The second-order valence-corrected chi connectivity index (χ2v) is 8.98. The molecular weight excluding hydrogens is 442 g/mol. The fourth-order valence-electron chi connectivity index (χ4n) is 4.52. The minimum atomic E-state index is -0.330. The molecule has 0 aliphatic carbocycles. The third-order valence-electron chi connectivity index (χ3n) is 6.27. The maximum absolute atomic E-state index is 12.6. The van der Waals surface area contributed by atoms with Gasteiger partial charge in [0, 0.05) is 55.2 Å². The Hall–Kier alpha value is -3.32. The first kappa shape index (κ1) is 21.5. The maximum Gasteiger partial charge on any atom is 0.287 e. The van der Waals surface area contributed by atoms with Crippen LogP contribution in [-0.2, 0) is 9.59 Å². The number of amides is 3. The zero-order valence-corrected chi connectivity index (χ0v) is 18.8. The van der Waals surface area contributed by atoms with Crippen molar-refractivity contribution in [2.45, 2.75) is 25.7 Å². The number of benzene rings is 2. The van der Waals surface area contributed by atoms with E-state index >= 15 is 0 Å². The normalized spacial score (nSPS) is 18.9. The molecule has 0 radical (unpaired) electrons. The summed E-state index contributed by atoms with van der Waals surface area (Å²) in [5, 5.41) is 4.10. The summed E-state index contributed by atoms with van der Waals surface area (Å²) in [7, 11) is 0. The Kier molecular flexibility index (Phi) is 5.81. The Morgan fingerprint density at radius 2 is 1.79 bits per heavy atom. The smallest absolute Gasteiger partial charge is 0.287 e. The number of piperidine rings is 1. The molecule has 2 aromatic carbocycles. The maximum atomic E-state index is 12.6. The summed E-state index contributed by atoms with van der Waals surface area (Å²) < 4.78 is 5.61. The van der Waals surface area contributed by atoms with E-state index in [2.05, 4.69) is 5.32 Å². The molecule has 0 saturated carbocycles. The van der Waals surface area contributed by atoms with Crippen molar-refractivity contribution in [2.75, 3.05) is 29.4 Å². The van der Waals surface area contributed by atoms with Gasteiger partial charge < -0.3 is 19.5 Å². The van der Waals surface area contributed by atoms with Crippen molar-refractivity contribution in [2.24, 2.45) is 5.92 Å². The van der Waals surface area contributed by atoms with Gasteiger partial charge in [0.25, 0.3) is 5.91 Å². The molecule has 33 heavy (non-hydrogen) atoms. The molecule has 0 spiro atoms. The van der Waals surface area contributed by atoms with Crippen LogP contribution in [0.4, 0.5) is 11.4 Å². The highest BCUT2D eigenvalue weighted by molar-refractivity contribution is 6.34. The van der Waals surface area contributed by atoms with E-state index in [0.29, 0.717) is 36.5 Å². The molecule has 2 aliphatic rings. The number of hydrogen-bond donors (Lipinski definition) is 1. The van der Waals surface area contributed by atoms with E-state index in [4.69, 9.17) is 16.0 Å². The van der Waals surface area contributed by atoms with Crippen LogP contribution in [0.5, 0.6) is 0 Å². The number of furan rings is 1. The fourth-order valence-corrected chi connectivity index (χ4v) is 4.74. The molecule has 0 bridgehead atoms. The van der Waals surface area contributed by atoms with Crippen molar-refractivity contribution in [1.82, 2.24) is 5.32 Å². The second kappa shape index (κ2) is 8.90. The van der Waals surface area contributed by atoms with Gasteiger partial charge in [0.15, 0.2) is 11.3 Å². The van der Waals surface area contributed by atoms with E-state index in [0.717, 1.165) is 36.1 Å². The van der Waals surface area contributed by atoms with E-state index < -0.39 is 0 Å². The minimum absolute atomic E-state index is 0.00207. The van der Waals surface area contributed by atoms with E-state index in [-0.39, 0.29) is 29.4 Å². The van der Waals surface area contributed by atoms with Crippen molar-refractivity contribution in [1.29, 1.82) is 0 Å². The van der Waals surface area contributed by atoms with Gasteiger partial charge in [0.1, 0.15) is 0 Å². The van der Waals surface area contributed by atoms with Crippen LogP contribution in [0.1, 0.15) is 36.2 Å². The number of hydrogen-bond acceptors (Lipinski definition) is 4. The van der Waals surface area contributed by atoms with Crippen molar-refractivity contribution in [3.63, 3.8) is 0 Å². The average Bonchev–Trinajstić information content (AvgIpc) is 3.42. The Labute approximate surface area is 196 Å². The van der Waals surface area contributed by atoms with Crippen LogP contribution in [0.25, 0.3) is 11.0 Å². The number of halogens is 1. The summed E-state index contributed by atoms with van der Waals surface area (Å²) in [6, 6.07) is 14.6. The van der Waals surface area contributed by atoms with Crippen molar-refractivity contribution in [3.8, 4) is 0 Å². The number of carbonyl (C=O) groups is 3. The lowest BCUT2D eigenvalue weighted by Gasteiger charge is -2.27. The number of carbonyl (C=O) groups excluding carboxylic acids is 3. The monoisotopic (exact) mass is 465 g/mol. The van der Waals surface area contributed by atoms with Gasteiger partial charge in [-0.25, -0.2) is 0 Å². The quantitative estimate of drug-likeness (QED) is 0.606. The summed E-state index contributed by atoms with van der Waals surface area (Å²) in [5.41, 5.74) is 2.15. The minimum Gasteiger partial charge on any atom is -0.449 e. The molecule has 2 saturated heterocycles. The number of nitrogens with one attached hydrogen (secondary N) is 1. The summed E-state index contributed by atoms with van der Waals surface area (Å²) in [5.74, 6) is 0.0314. The van der Waals surface area contributed by atoms with Crippen LogP contribution in [0.15, 0.2) is 52.9 Å². The van der Waals surface area contributed by atoms with E-state index in [1.165, 1.54) is 0 Å². The van der Waals surface area contributed by atoms with Crippen LogP contribution in [0.3, 0.4) is 0 Å². The van der Waals surface area contributed by atoms with Gasteiger partial charge in [-0.2, -0.15) is 0 Å². The molecule has 7 nitrogen and oxygen atoms in total. The van der Waals surface area contributed by atoms with Crippen molar-refractivity contribution < 1.29 is 18.8 Å². The molecule has 3 aromatic rings. The fraction of sp³-hybridized carbons (Fsp3) is 0.320. The van der Waals surface area contributed by atoms with Crippen molar-refractivity contribution >= 4 is 51.7 Å². The molecule has 5 rings (SSSR count). The van der Waals surface area contributed by atoms with Gasteiger partial charge in [-0.1, -0.05) is 23.7 Å². The number of para-hydroxylation sites is 1. The molecule has 3 heterocycles. The first-order valence-corrected chi connectivity index (χ1v) is 11.5. The van der Waals surface area contributed by atoms with Crippen LogP contribution in [-0.4, -0.2) is 37.4 Å². The van der Waals surface area contributed by atoms with Crippen LogP contribution >= 0.6 is 11.6 Å². The topological polar surface area (TPSA) is 82.9 Å². The van der Waals surface area contributed by atoms with Gasteiger partial charge in [-0.15, -0.1) is 0 Å². The Balaban J connectivity index is 1.20. The first-order valence-electron chi connectivity index (χ1n) is 11.2. The predicted molar refractivity (Wildman–Crippen MR) is 127 cm³/mol. The number of anilines is 2. The number of fused-ring (bicyclic) bond motifs is 1. The van der Waals surface area contributed by atoms with Crippen LogP contribution in [0.2, 0.25) is 5.02 Å². The molecule has 2 fully saturated rings. The molecule has 1 aromatic heterocycles. The molecule has 1 atom stereocenters. The zero-order chi connectivity index (χ0) is 22.9. The second-order valence-electron chi connectivity index (χ2n) is 8.57. The summed E-state index contributed by atoms with van der Waals surface area (Å²) in [6.45, 7) is 1.62. The van der Waals surface area contributed by atoms with Gasteiger partial charge in [-0.3, -0.25) is 14.4 Å². The lowest BCUT2D eigenvalue weighted by Crippen LogP contribution is -2.35. The Morgan fingerprint density at radius 3 is 2.52 bits per heavy atom. The molecule has 1 N–H and O–H groups in total. The van der Waals surface area contributed by atoms with Gasteiger partial charge >= 0.3 is 0 Å².